The van der Waals surface area contributed by atoms with Gasteiger partial charge in [-0.25, -0.2) is 0 Å². The molecule has 0 saturated heterocycles. The molecule has 2 saturated carbocycles. The van der Waals surface area contributed by atoms with Crippen molar-refractivity contribution >= 4 is 0 Å². The molecule has 0 aromatic rings. The van der Waals surface area contributed by atoms with Crippen molar-refractivity contribution in [2.24, 2.45) is 17.6 Å². The SMILES string of the molecule is CCC(CC)N(CCOC)C1(CN)CCC2CC21. The summed E-state index contributed by atoms with van der Waals surface area (Å²) in [5.41, 5.74) is 6.51. The van der Waals surface area contributed by atoms with E-state index in [9.17, 15) is 0 Å². The second-order valence-electron chi connectivity index (χ2n) is 6.11. The Hall–Kier alpha value is -0.120. The van der Waals surface area contributed by atoms with Crippen molar-refractivity contribution in [2.45, 2.75) is 57.5 Å². The predicted octanol–water partition coefficient (Wildman–Crippen LogP) is 2.25. The van der Waals surface area contributed by atoms with Crippen LogP contribution in [-0.4, -0.2) is 43.3 Å². The molecule has 0 spiro atoms. The molecule has 2 N–H and O–H groups in total. The number of ether oxygens (including phenoxy) is 1. The van der Waals surface area contributed by atoms with Crippen LogP contribution in [0.1, 0.15) is 46.0 Å². The molecular formula is C15H30N2O. The Morgan fingerprint density at radius 3 is 2.50 bits per heavy atom. The molecule has 0 amide bonds. The smallest absolute Gasteiger partial charge is 0.0590 e. The van der Waals surface area contributed by atoms with Crippen molar-refractivity contribution in [1.82, 2.24) is 4.90 Å². The molecule has 3 atom stereocenters. The highest BCUT2D eigenvalue weighted by Crippen LogP contribution is 2.59. The summed E-state index contributed by atoms with van der Waals surface area (Å²) >= 11 is 0. The fourth-order valence-electron chi connectivity index (χ4n) is 4.26. The summed E-state index contributed by atoms with van der Waals surface area (Å²) < 4.78 is 5.33. The highest BCUT2D eigenvalue weighted by molar-refractivity contribution is 5.14. The summed E-state index contributed by atoms with van der Waals surface area (Å²) in [5, 5.41) is 0. The van der Waals surface area contributed by atoms with Gasteiger partial charge in [0, 0.05) is 31.8 Å². The highest BCUT2D eigenvalue weighted by atomic mass is 16.5. The second-order valence-corrected chi connectivity index (χ2v) is 6.11. The number of methoxy groups -OCH3 is 1. The third-order valence-electron chi connectivity index (χ3n) is 5.41. The maximum Gasteiger partial charge on any atom is 0.0590 e. The maximum atomic E-state index is 6.22. The van der Waals surface area contributed by atoms with Gasteiger partial charge in [0.15, 0.2) is 0 Å². The Balaban J connectivity index is 2.15. The largest absolute Gasteiger partial charge is 0.383 e. The van der Waals surface area contributed by atoms with Gasteiger partial charge in [-0.2, -0.15) is 0 Å². The third-order valence-corrected chi connectivity index (χ3v) is 5.41. The second kappa shape index (κ2) is 5.89. The third kappa shape index (κ3) is 2.33. The molecule has 0 aliphatic heterocycles. The lowest BCUT2D eigenvalue weighted by Crippen LogP contribution is -2.59. The average molecular weight is 254 g/mol. The Bertz CT molecular complexity index is 267. The van der Waals surface area contributed by atoms with Crippen LogP contribution in [0.3, 0.4) is 0 Å². The monoisotopic (exact) mass is 254 g/mol. The molecule has 0 aromatic heterocycles. The van der Waals surface area contributed by atoms with Gasteiger partial charge in [-0.3, -0.25) is 4.90 Å². The van der Waals surface area contributed by atoms with E-state index in [0.29, 0.717) is 11.6 Å². The highest BCUT2D eigenvalue weighted by Gasteiger charge is 2.60. The fourth-order valence-corrected chi connectivity index (χ4v) is 4.26. The predicted molar refractivity (Wildman–Crippen MR) is 75.6 cm³/mol. The van der Waals surface area contributed by atoms with Crippen molar-refractivity contribution in [3.8, 4) is 0 Å². The zero-order valence-electron chi connectivity index (χ0n) is 12.3. The number of hydrogen-bond donors (Lipinski definition) is 1. The zero-order valence-corrected chi connectivity index (χ0v) is 12.3. The fraction of sp³-hybridized carbons (Fsp3) is 1.00. The lowest BCUT2D eigenvalue weighted by atomic mass is 9.88. The Kier molecular flexibility index (Phi) is 4.68. The van der Waals surface area contributed by atoms with Crippen LogP contribution in [0.5, 0.6) is 0 Å². The van der Waals surface area contributed by atoms with Gasteiger partial charge >= 0.3 is 0 Å². The molecule has 2 aliphatic rings. The molecule has 0 bridgehead atoms. The van der Waals surface area contributed by atoms with Gasteiger partial charge < -0.3 is 10.5 Å². The van der Waals surface area contributed by atoms with Crippen molar-refractivity contribution in [3.63, 3.8) is 0 Å². The summed E-state index contributed by atoms with van der Waals surface area (Å²) in [5.74, 6) is 1.85. The van der Waals surface area contributed by atoms with E-state index in [-0.39, 0.29) is 0 Å². The van der Waals surface area contributed by atoms with E-state index < -0.39 is 0 Å². The number of rotatable bonds is 8. The zero-order chi connectivity index (χ0) is 13.2. The van der Waals surface area contributed by atoms with E-state index in [1.54, 1.807) is 7.11 Å². The van der Waals surface area contributed by atoms with Crippen LogP contribution in [0.25, 0.3) is 0 Å². The number of hydrogen-bond acceptors (Lipinski definition) is 3. The van der Waals surface area contributed by atoms with Gasteiger partial charge in [-0.15, -0.1) is 0 Å². The van der Waals surface area contributed by atoms with E-state index in [1.807, 2.05) is 0 Å². The van der Waals surface area contributed by atoms with Crippen LogP contribution < -0.4 is 5.73 Å². The first-order valence-electron chi connectivity index (χ1n) is 7.69. The topological polar surface area (TPSA) is 38.5 Å². The summed E-state index contributed by atoms with van der Waals surface area (Å²) in [6, 6.07) is 0.669. The van der Waals surface area contributed by atoms with Gasteiger partial charge in [-0.05, 0) is 43.9 Å². The quantitative estimate of drug-likeness (QED) is 0.722. The summed E-state index contributed by atoms with van der Waals surface area (Å²) in [6.07, 6.45) is 6.56. The molecule has 0 aromatic carbocycles. The van der Waals surface area contributed by atoms with Crippen LogP contribution in [-0.2, 0) is 4.74 Å². The lowest BCUT2D eigenvalue weighted by molar-refractivity contribution is 0.00970. The minimum Gasteiger partial charge on any atom is -0.383 e. The van der Waals surface area contributed by atoms with Crippen molar-refractivity contribution < 1.29 is 4.74 Å². The average Bonchev–Trinajstić information content (AvgIpc) is 3.10. The summed E-state index contributed by atoms with van der Waals surface area (Å²) in [6.45, 7) is 7.31. The van der Waals surface area contributed by atoms with E-state index in [1.165, 1.54) is 32.1 Å². The first kappa shape index (κ1) is 14.3. The Morgan fingerprint density at radius 2 is 2.11 bits per heavy atom. The molecule has 18 heavy (non-hydrogen) atoms. The van der Waals surface area contributed by atoms with E-state index >= 15 is 0 Å². The molecule has 2 fully saturated rings. The first-order chi connectivity index (χ1) is 8.73. The van der Waals surface area contributed by atoms with Crippen LogP contribution in [0.2, 0.25) is 0 Å². The van der Waals surface area contributed by atoms with Crippen LogP contribution in [0.4, 0.5) is 0 Å². The molecule has 106 valence electrons. The van der Waals surface area contributed by atoms with Gasteiger partial charge in [0.05, 0.1) is 6.61 Å². The normalized spacial score (nSPS) is 34.3. The van der Waals surface area contributed by atoms with Crippen LogP contribution >= 0.6 is 0 Å². The Labute approximate surface area is 112 Å². The molecular weight excluding hydrogens is 224 g/mol. The number of fused-ring (bicyclic) bond motifs is 1. The number of nitrogens with zero attached hydrogens (tertiary/aromatic N) is 1. The molecule has 0 radical (unpaired) electrons. The molecule has 3 unspecified atom stereocenters. The standard InChI is InChI=1S/C15H30N2O/c1-4-13(5-2)17(8-9-18-3)15(11-16)7-6-12-10-14(12)15/h12-14H,4-11,16H2,1-3H3. The molecule has 2 aliphatic carbocycles. The van der Waals surface area contributed by atoms with Gasteiger partial charge in [0.25, 0.3) is 0 Å². The van der Waals surface area contributed by atoms with Crippen molar-refractivity contribution in [3.05, 3.63) is 0 Å². The maximum absolute atomic E-state index is 6.22. The minimum absolute atomic E-state index is 0.292. The van der Waals surface area contributed by atoms with E-state index in [4.69, 9.17) is 10.5 Å². The molecule has 3 nitrogen and oxygen atoms in total. The Morgan fingerprint density at radius 1 is 1.39 bits per heavy atom. The number of nitrogens with two attached hydrogens (primary N) is 1. The first-order valence-corrected chi connectivity index (χ1v) is 7.69. The van der Waals surface area contributed by atoms with Crippen LogP contribution in [0, 0.1) is 11.8 Å². The van der Waals surface area contributed by atoms with Crippen molar-refractivity contribution in [2.75, 3.05) is 26.8 Å². The van der Waals surface area contributed by atoms with E-state index in [0.717, 1.165) is 31.5 Å². The van der Waals surface area contributed by atoms with Gasteiger partial charge in [0.1, 0.15) is 0 Å². The molecule has 3 heteroatoms. The molecule has 0 heterocycles. The van der Waals surface area contributed by atoms with E-state index in [2.05, 4.69) is 18.7 Å². The molecule has 2 rings (SSSR count). The summed E-state index contributed by atoms with van der Waals surface area (Å²) in [4.78, 5) is 2.72. The van der Waals surface area contributed by atoms with Gasteiger partial charge in [-0.1, -0.05) is 13.8 Å². The van der Waals surface area contributed by atoms with Gasteiger partial charge in [0.2, 0.25) is 0 Å². The minimum atomic E-state index is 0.292. The summed E-state index contributed by atoms with van der Waals surface area (Å²) in [7, 11) is 1.80. The van der Waals surface area contributed by atoms with Crippen molar-refractivity contribution in [1.29, 1.82) is 0 Å². The van der Waals surface area contributed by atoms with Crippen LogP contribution in [0.15, 0.2) is 0 Å². The lowest BCUT2D eigenvalue weighted by Gasteiger charge is -2.46.